The van der Waals surface area contributed by atoms with Crippen LogP contribution in [0.25, 0.3) is 0 Å². The fourth-order valence-corrected chi connectivity index (χ4v) is 5.36. The van der Waals surface area contributed by atoms with Crippen molar-refractivity contribution in [2.75, 3.05) is 11.9 Å². The Bertz CT molecular complexity index is 1430. The van der Waals surface area contributed by atoms with Gasteiger partial charge >= 0.3 is 6.09 Å². The van der Waals surface area contributed by atoms with Crippen molar-refractivity contribution in [2.24, 2.45) is 0 Å². The van der Waals surface area contributed by atoms with Crippen molar-refractivity contribution in [2.45, 2.75) is 91.3 Å². The van der Waals surface area contributed by atoms with Crippen LogP contribution in [0.5, 0.6) is 5.75 Å². The predicted molar refractivity (Wildman–Crippen MR) is 180 cm³/mol. The van der Waals surface area contributed by atoms with Crippen LogP contribution in [-0.4, -0.2) is 46.1 Å². The summed E-state index contributed by atoms with van der Waals surface area (Å²) >= 11 is 6.50. The molecule has 0 saturated carbocycles. The zero-order valence-electron chi connectivity index (χ0n) is 27.2. The highest BCUT2D eigenvalue weighted by Gasteiger charge is 2.36. The van der Waals surface area contributed by atoms with Gasteiger partial charge in [0.25, 0.3) is 5.91 Å². The van der Waals surface area contributed by atoms with Crippen LogP contribution in [0.2, 0.25) is 5.02 Å². The van der Waals surface area contributed by atoms with Crippen LogP contribution in [-0.2, 0) is 20.7 Å². The Morgan fingerprint density at radius 1 is 0.956 bits per heavy atom. The summed E-state index contributed by atoms with van der Waals surface area (Å²) in [6.45, 7) is 11.4. The minimum Gasteiger partial charge on any atom is -0.508 e. The second-order valence-electron chi connectivity index (χ2n) is 12.4. The van der Waals surface area contributed by atoms with Crippen molar-refractivity contribution in [1.82, 2.24) is 10.2 Å². The molecule has 0 aliphatic heterocycles. The summed E-state index contributed by atoms with van der Waals surface area (Å²) in [5.41, 5.74) is 2.78. The zero-order valence-corrected chi connectivity index (χ0v) is 27.9. The van der Waals surface area contributed by atoms with E-state index in [2.05, 4.69) is 17.6 Å². The molecule has 0 spiro atoms. The summed E-state index contributed by atoms with van der Waals surface area (Å²) < 4.78 is 5.53. The van der Waals surface area contributed by atoms with Gasteiger partial charge in [-0.15, -0.1) is 0 Å². The van der Waals surface area contributed by atoms with E-state index in [1.54, 1.807) is 43.9 Å². The molecule has 3 aromatic rings. The smallest absolute Gasteiger partial charge is 0.408 e. The number of unbranched alkanes of at least 4 members (excludes halogenated alkanes) is 3. The molecule has 0 saturated heterocycles. The summed E-state index contributed by atoms with van der Waals surface area (Å²) in [5.74, 6) is -0.755. The van der Waals surface area contributed by atoms with E-state index in [0.29, 0.717) is 22.7 Å². The number of nitrogens with one attached hydrogen (secondary N) is 2. The fourth-order valence-electron chi connectivity index (χ4n) is 5.09. The number of anilines is 1. The summed E-state index contributed by atoms with van der Waals surface area (Å²) in [5, 5.41) is 16.0. The molecule has 9 heteroatoms. The normalized spacial score (nSPS) is 12.6. The van der Waals surface area contributed by atoms with E-state index in [-0.39, 0.29) is 18.7 Å². The summed E-state index contributed by atoms with van der Waals surface area (Å²) in [6, 6.07) is 17.3. The van der Waals surface area contributed by atoms with Gasteiger partial charge in [0.15, 0.2) is 0 Å². The first kappa shape index (κ1) is 35.4. The molecule has 0 heterocycles. The van der Waals surface area contributed by atoms with E-state index in [1.165, 1.54) is 12.1 Å². The maximum atomic E-state index is 14.7. The number of benzene rings is 3. The van der Waals surface area contributed by atoms with Gasteiger partial charge in [-0.05, 0) is 75.9 Å². The van der Waals surface area contributed by atoms with Gasteiger partial charge in [-0.25, -0.2) is 4.79 Å². The van der Waals surface area contributed by atoms with Crippen LogP contribution < -0.4 is 10.6 Å². The molecule has 0 aromatic heterocycles. The molecule has 0 aliphatic carbocycles. The minimum absolute atomic E-state index is 0.0883. The van der Waals surface area contributed by atoms with E-state index in [0.717, 1.165) is 36.0 Å². The molecule has 0 bridgehead atoms. The van der Waals surface area contributed by atoms with Crippen molar-refractivity contribution in [3.63, 3.8) is 0 Å². The average molecular weight is 636 g/mol. The number of phenolic OH excluding ortho intramolecular Hbond substituents is 1. The summed E-state index contributed by atoms with van der Waals surface area (Å²) in [4.78, 5) is 43.6. The molecular weight excluding hydrogens is 590 g/mol. The second-order valence-corrected chi connectivity index (χ2v) is 12.8. The van der Waals surface area contributed by atoms with E-state index in [1.807, 2.05) is 50.2 Å². The Balaban J connectivity index is 2.10. The van der Waals surface area contributed by atoms with Crippen LogP contribution >= 0.6 is 11.6 Å². The molecule has 3 N–H and O–H groups in total. The quantitative estimate of drug-likeness (QED) is 0.166. The highest BCUT2D eigenvalue weighted by atomic mass is 35.5. The first-order valence-corrected chi connectivity index (χ1v) is 15.9. The minimum atomic E-state index is -1.06. The SMILES string of the molecule is CCCCCCN(C(=O)C(Cc1ccc(O)cc1)NC(=O)OC(C)(C)C)C(C(=O)Nc1c(C)cccc1Cl)c1cccc(C)c1. The Kier molecular flexibility index (Phi) is 12.9. The Morgan fingerprint density at radius 3 is 2.27 bits per heavy atom. The molecule has 0 aliphatic rings. The Morgan fingerprint density at radius 2 is 1.64 bits per heavy atom. The molecule has 242 valence electrons. The zero-order chi connectivity index (χ0) is 33.1. The fraction of sp³-hybridized carbons (Fsp3) is 0.417. The average Bonchev–Trinajstić information content (AvgIpc) is 2.96. The molecule has 2 atom stereocenters. The lowest BCUT2D eigenvalue weighted by Crippen LogP contribution is -2.53. The molecular formula is C36H46ClN3O5. The van der Waals surface area contributed by atoms with Crippen LogP contribution in [0.15, 0.2) is 66.7 Å². The summed E-state index contributed by atoms with van der Waals surface area (Å²) in [7, 11) is 0. The van der Waals surface area contributed by atoms with Crippen molar-refractivity contribution in [1.29, 1.82) is 0 Å². The van der Waals surface area contributed by atoms with E-state index >= 15 is 0 Å². The Hall–Kier alpha value is -4.04. The molecule has 0 fully saturated rings. The number of carbonyl (C=O) groups excluding carboxylic acids is 3. The van der Waals surface area contributed by atoms with Gasteiger partial charge in [0.1, 0.15) is 23.4 Å². The molecule has 2 unspecified atom stereocenters. The number of amides is 3. The van der Waals surface area contributed by atoms with Gasteiger partial charge in [0.2, 0.25) is 5.91 Å². The Labute approximate surface area is 272 Å². The number of alkyl carbamates (subject to hydrolysis) is 1. The number of halogens is 1. The van der Waals surface area contributed by atoms with Gasteiger partial charge in [-0.1, -0.05) is 91.9 Å². The highest BCUT2D eigenvalue weighted by molar-refractivity contribution is 6.34. The maximum absolute atomic E-state index is 14.7. The van der Waals surface area contributed by atoms with Crippen LogP contribution in [0.4, 0.5) is 10.5 Å². The van der Waals surface area contributed by atoms with Crippen molar-refractivity contribution >= 4 is 35.2 Å². The van der Waals surface area contributed by atoms with Crippen LogP contribution in [0.1, 0.15) is 81.7 Å². The van der Waals surface area contributed by atoms with Gasteiger partial charge in [-0.3, -0.25) is 9.59 Å². The largest absolute Gasteiger partial charge is 0.508 e. The third kappa shape index (κ3) is 10.8. The molecule has 45 heavy (non-hydrogen) atoms. The predicted octanol–water partition coefficient (Wildman–Crippen LogP) is 7.89. The van der Waals surface area contributed by atoms with Crippen molar-refractivity contribution < 1.29 is 24.2 Å². The number of aryl methyl sites for hydroxylation is 2. The topological polar surface area (TPSA) is 108 Å². The van der Waals surface area contributed by atoms with Crippen LogP contribution in [0.3, 0.4) is 0 Å². The van der Waals surface area contributed by atoms with Gasteiger partial charge in [-0.2, -0.15) is 0 Å². The number of ether oxygens (including phenoxy) is 1. The number of nitrogens with zero attached hydrogens (tertiary/aromatic N) is 1. The van der Waals surface area contributed by atoms with Gasteiger partial charge in [0, 0.05) is 13.0 Å². The standard InChI is InChI=1S/C36H46ClN3O5/c1-7-8-9-10-21-40(34(43)30(38-35(44)45-36(4,5)6)23-26-17-19-28(41)20-18-26)32(27-15-11-13-24(2)22-27)33(42)39-31-25(3)14-12-16-29(31)37/h11-20,22,30,32,41H,7-10,21,23H2,1-6H3,(H,38,44)(H,39,42). The third-order valence-electron chi connectivity index (χ3n) is 7.29. The van der Waals surface area contributed by atoms with Gasteiger partial charge in [0.05, 0.1) is 10.7 Å². The second kappa shape index (κ2) is 16.3. The molecule has 3 aromatic carbocycles. The molecule has 0 radical (unpaired) electrons. The molecule has 3 amide bonds. The lowest BCUT2D eigenvalue weighted by atomic mass is 9.98. The number of hydrogen-bond acceptors (Lipinski definition) is 5. The number of carbonyl (C=O) groups is 3. The first-order chi connectivity index (χ1) is 21.3. The number of phenols is 1. The third-order valence-corrected chi connectivity index (χ3v) is 7.60. The van der Waals surface area contributed by atoms with E-state index < -0.39 is 35.6 Å². The molecule has 3 rings (SSSR count). The first-order valence-electron chi connectivity index (χ1n) is 15.5. The number of hydrogen-bond donors (Lipinski definition) is 3. The molecule has 8 nitrogen and oxygen atoms in total. The maximum Gasteiger partial charge on any atom is 0.408 e. The number of aromatic hydroxyl groups is 1. The number of rotatable bonds is 13. The number of para-hydroxylation sites is 1. The lowest BCUT2D eigenvalue weighted by Gasteiger charge is -2.35. The van der Waals surface area contributed by atoms with Crippen LogP contribution in [0, 0.1) is 13.8 Å². The highest BCUT2D eigenvalue weighted by Crippen LogP contribution is 2.30. The van der Waals surface area contributed by atoms with E-state index in [4.69, 9.17) is 16.3 Å². The van der Waals surface area contributed by atoms with Crippen molar-refractivity contribution in [3.8, 4) is 5.75 Å². The lowest BCUT2D eigenvalue weighted by molar-refractivity contribution is -0.140. The monoisotopic (exact) mass is 635 g/mol. The van der Waals surface area contributed by atoms with Gasteiger partial charge < -0.3 is 25.4 Å². The van der Waals surface area contributed by atoms with E-state index in [9.17, 15) is 19.5 Å². The van der Waals surface area contributed by atoms with Crippen molar-refractivity contribution in [3.05, 3.63) is 94.0 Å². The summed E-state index contributed by atoms with van der Waals surface area (Å²) in [6.07, 6.45) is 2.90.